The fourth-order valence-electron chi connectivity index (χ4n) is 1.21. The molecule has 0 saturated carbocycles. The van der Waals surface area contributed by atoms with E-state index in [2.05, 4.69) is 9.78 Å². The number of benzene rings is 1. The summed E-state index contributed by atoms with van der Waals surface area (Å²) in [5.74, 6) is -3.59. The van der Waals surface area contributed by atoms with Crippen LogP contribution in [0, 0.1) is 16.0 Å². The van der Waals surface area contributed by atoms with E-state index in [4.69, 9.17) is 5.11 Å². The van der Waals surface area contributed by atoms with Crippen LogP contribution >= 0.6 is 0 Å². The predicted molar refractivity (Wildman–Crippen MR) is 61.2 cm³/mol. The second-order valence-corrected chi connectivity index (χ2v) is 3.54. The van der Waals surface area contributed by atoms with Gasteiger partial charge in [-0.3, -0.25) is 19.8 Å². The molecule has 0 aliphatic carbocycles. The lowest BCUT2D eigenvalue weighted by molar-refractivity contribution is -0.384. The molecule has 1 N–H and O–H groups in total. The van der Waals surface area contributed by atoms with Crippen LogP contribution in [0.4, 0.5) is 5.69 Å². The molecule has 0 spiro atoms. The summed E-state index contributed by atoms with van der Waals surface area (Å²) in [5, 5.41) is 19.1. The van der Waals surface area contributed by atoms with Crippen molar-refractivity contribution in [1.29, 1.82) is 0 Å². The first-order chi connectivity index (χ1) is 8.95. The number of carboxylic acid groups (broad SMARTS) is 1. The first-order valence-electron chi connectivity index (χ1n) is 5.31. The normalized spacial score (nSPS) is 11.4. The highest BCUT2D eigenvalue weighted by Gasteiger charge is 2.27. The molecule has 8 nitrogen and oxygen atoms in total. The zero-order chi connectivity index (χ0) is 14.4. The molecular formula is C11H11NO7. The molecule has 1 unspecified atom stereocenters. The van der Waals surface area contributed by atoms with Crippen LogP contribution in [0.2, 0.25) is 0 Å². The Morgan fingerprint density at radius 2 is 1.95 bits per heavy atom. The molecule has 19 heavy (non-hydrogen) atoms. The Morgan fingerprint density at radius 3 is 2.37 bits per heavy atom. The van der Waals surface area contributed by atoms with E-state index in [1.807, 2.05) is 0 Å². The van der Waals surface area contributed by atoms with Crippen molar-refractivity contribution in [3.05, 3.63) is 34.4 Å². The number of carbonyl (C=O) groups excluding carboxylic acids is 1. The first-order valence-corrected chi connectivity index (χ1v) is 5.31. The van der Waals surface area contributed by atoms with Crippen LogP contribution in [-0.4, -0.2) is 22.0 Å². The third-order valence-corrected chi connectivity index (χ3v) is 2.26. The third-order valence-electron chi connectivity index (χ3n) is 2.26. The molecule has 0 heterocycles. The van der Waals surface area contributed by atoms with Gasteiger partial charge in [0.15, 0.2) is 11.7 Å². The number of nitrogens with zero attached hydrogens (tertiary/aromatic N) is 1. The molecule has 8 heteroatoms. The number of rotatable bonds is 6. The van der Waals surface area contributed by atoms with Gasteiger partial charge in [0, 0.05) is 12.1 Å². The zero-order valence-electron chi connectivity index (χ0n) is 9.94. The largest absolute Gasteiger partial charge is 0.481 e. The molecule has 0 radical (unpaired) electrons. The lowest BCUT2D eigenvalue weighted by Crippen LogP contribution is -2.26. The van der Waals surface area contributed by atoms with Gasteiger partial charge in [-0.15, -0.1) is 0 Å². The third kappa shape index (κ3) is 3.95. The molecule has 0 amide bonds. The van der Waals surface area contributed by atoms with E-state index in [9.17, 15) is 19.7 Å². The van der Waals surface area contributed by atoms with Gasteiger partial charge < -0.3 is 5.11 Å². The standard InChI is InChI=1S/C11H11NO7/c1-2-9(10(13)14)11(15)19-18-8-5-3-7(4-6-8)12(16)17/h3-6,9H,2H2,1H3,(H,13,14). The van der Waals surface area contributed by atoms with Crippen molar-refractivity contribution in [2.45, 2.75) is 13.3 Å². The van der Waals surface area contributed by atoms with Gasteiger partial charge in [0.1, 0.15) is 0 Å². The van der Waals surface area contributed by atoms with Crippen molar-refractivity contribution >= 4 is 17.6 Å². The first kappa shape index (κ1) is 14.4. The molecule has 0 fully saturated rings. The SMILES string of the molecule is CCC(C(=O)O)C(=O)OOc1ccc([N+](=O)[O-])cc1. The summed E-state index contributed by atoms with van der Waals surface area (Å²) in [6, 6.07) is 4.79. The maximum absolute atomic E-state index is 11.3. The van der Waals surface area contributed by atoms with Crippen LogP contribution in [0.15, 0.2) is 24.3 Å². The average Bonchev–Trinajstić information content (AvgIpc) is 2.37. The number of carbonyl (C=O) groups is 2. The Labute approximate surface area is 107 Å². The molecule has 1 aromatic rings. The van der Waals surface area contributed by atoms with E-state index in [-0.39, 0.29) is 17.9 Å². The minimum Gasteiger partial charge on any atom is -0.481 e. The Balaban J connectivity index is 2.59. The van der Waals surface area contributed by atoms with Crippen molar-refractivity contribution in [3.63, 3.8) is 0 Å². The lowest BCUT2D eigenvalue weighted by atomic mass is 10.1. The number of non-ortho nitro benzene ring substituents is 1. The highest BCUT2D eigenvalue weighted by atomic mass is 17.2. The van der Waals surface area contributed by atoms with Crippen molar-refractivity contribution in [1.82, 2.24) is 0 Å². The average molecular weight is 269 g/mol. The predicted octanol–water partition coefficient (Wildman–Crippen LogP) is 1.54. The van der Waals surface area contributed by atoms with E-state index in [1.165, 1.54) is 19.1 Å². The van der Waals surface area contributed by atoms with Crippen molar-refractivity contribution in [3.8, 4) is 5.75 Å². The van der Waals surface area contributed by atoms with Gasteiger partial charge in [-0.05, 0) is 18.6 Å². The highest BCUT2D eigenvalue weighted by molar-refractivity contribution is 5.93. The molecule has 0 aromatic heterocycles. The molecule has 102 valence electrons. The number of nitro groups is 1. The number of carboxylic acids is 1. The van der Waals surface area contributed by atoms with Gasteiger partial charge in [0.25, 0.3) is 5.69 Å². The van der Waals surface area contributed by atoms with Gasteiger partial charge >= 0.3 is 11.9 Å². The van der Waals surface area contributed by atoms with Gasteiger partial charge in [-0.1, -0.05) is 6.92 Å². The second-order valence-electron chi connectivity index (χ2n) is 3.54. The fourth-order valence-corrected chi connectivity index (χ4v) is 1.21. The van der Waals surface area contributed by atoms with E-state index in [0.29, 0.717) is 0 Å². The molecule has 1 atom stereocenters. The van der Waals surface area contributed by atoms with Crippen LogP contribution in [0.25, 0.3) is 0 Å². The minimum absolute atomic E-state index is 0.0548. The molecule has 0 aliphatic rings. The Kier molecular flexibility index (Phi) is 4.81. The second kappa shape index (κ2) is 6.34. The van der Waals surface area contributed by atoms with Gasteiger partial charge in [0.2, 0.25) is 0 Å². The smallest absolute Gasteiger partial charge is 0.369 e. The molecule has 0 aliphatic heterocycles. The summed E-state index contributed by atoms with van der Waals surface area (Å²) in [7, 11) is 0. The summed E-state index contributed by atoms with van der Waals surface area (Å²) < 4.78 is 0. The van der Waals surface area contributed by atoms with Crippen LogP contribution < -0.4 is 4.89 Å². The van der Waals surface area contributed by atoms with Crippen molar-refractivity contribution < 1.29 is 29.4 Å². The van der Waals surface area contributed by atoms with E-state index >= 15 is 0 Å². The molecule has 1 rings (SSSR count). The lowest BCUT2D eigenvalue weighted by Gasteiger charge is -2.08. The van der Waals surface area contributed by atoms with Crippen molar-refractivity contribution in [2.24, 2.45) is 5.92 Å². The van der Waals surface area contributed by atoms with Crippen LogP contribution in [0.5, 0.6) is 5.75 Å². The van der Waals surface area contributed by atoms with E-state index < -0.39 is 22.8 Å². The summed E-state index contributed by atoms with van der Waals surface area (Å²) in [5.41, 5.74) is -0.143. The van der Waals surface area contributed by atoms with E-state index in [0.717, 1.165) is 12.1 Å². The van der Waals surface area contributed by atoms with Gasteiger partial charge in [-0.2, -0.15) is 0 Å². The topological polar surface area (TPSA) is 116 Å². The van der Waals surface area contributed by atoms with Crippen LogP contribution in [-0.2, 0) is 14.5 Å². The molecule has 1 aromatic carbocycles. The molecule has 0 saturated heterocycles. The van der Waals surface area contributed by atoms with Gasteiger partial charge in [0.05, 0.1) is 4.92 Å². The Hall–Kier alpha value is -2.64. The van der Waals surface area contributed by atoms with E-state index in [1.54, 1.807) is 0 Å². The maximum Gasteiger partial charge on any atom is 0.369 e. The maximum atomic E-state index is 11.3. The van der Waals surface area contributed by atoms with Crippen molar-refractivity contribution in [2.75, 3.05) is 0 Å². The Bertz CT molecular complexity index is 482. The van der Waals surface area contributed by atoms with Crippen LogP contribution in [0.3, 0.4) is 0 Å². The zero-order valence-corrected chi connectivity index (χ0v) is 9.94. The summed E-state index contributed by atoms with van der Waals surface area (Å²) in [6.07, 6.45) is 0.0673. The Morgan fingerprint density at radius 1 is 1.37 bits per heavy atom. The number of aliphatic carboxylic acids is 1. The summed E-state index contributed by atoms with van der Waals surface area (Å²) >= 11 is 0. The van der Waals surface area contributed by atoms with Crippen LogP contribution in [0.1, 0.15) is 13.3 Å². The summed E-state index contributed by atoms with van der Waals surface area (Å²) in [4.78, 5) is 40.8. The number of hydrogen-bond acceptors (Lipinski definition) is 6. The highest BCUT2D eigenvalue weighted by Crippen LogP contribution is 2.18. The fraction of sp³-hybridized carbons (Fsp3) is 0.273. The minimum atomic E-state index is -1.31. The molecular weight excluding hydrogens is 258 g/mol. The monoisotopic (exact) mass is 269 g/mol. The number of hydrogen-bond donors (Lipinski definition) is 1. The quantitative estimate of drug-likeness (QED) is 0.360. The van der Waals surface area contributed by atoms with Gasteiger partial charge in [-0.25, -0.2) is 9.68 Å². The summed E-state index contributed by atoms with van der Waals surface area (Å²) in [6.45, 7) is 1.52. The molecule has 0 bridgehead atoms. The number of nitro benzene ring substituents is 1.